The molecule has 4 aliphatic rings. The second-order valence-corrected chi connectivity index (χ2v) is 20.0. The maximum absolute atomic E-state index is 10.9. The topological polar surface area (TPSA) is 80.9 Å². The number of benzene rings is 10. The lowest BCUT2D eigenvalue weighted by Gasteiger charge is -2.32. The maximum Gasteiger partial charge on any atom is 0.0442 e. The van der Waals surface area contributed by atoms with E-state index in [1.165, 1.54) is 77.2 Å². The molecule has 0 heterocycles. The molecular weight excluding hydrogens is 857 g/mol. The third-order valence-electron chi connectivity index (χ3n) is 16.9. The number of aliphatic hydroxyl groups is 4. The van der Waals surface area contributed by atoms with Crippen LogP contribution in [0.4, 0.5) is 0 Å². The third kappa shape index (κ3) is 5.56. The molecule has 0 spiro atoms. The Bertz CT molecular complexity index is 3540. The number of aliphatic hydroxyl groups excluding tert-OH is 4. The summed E-state index contributed by atoms with van der Waals surface area (Å²) in [5.74, 6) is 0. The molecule has 14 rings (SSSR count). The third-order valence-corrected chi connectivity index (χ3v) is 16.9. The molecular formula is C66H50O4. The van der Waals surface area contributed by atoms with Crippen molar-refractivity contribution < 1.29 is 20.4 Å². The molecule has 0 unspecified atom stereocenters. The minimum Gasteiger partial charge on any atom is -0.396 e. The predicted molar refractivity (Wildman–Crippen MR) is 286 cm³/mol. The molecule has 0 bridgehead atoms. The molecule has 0 saturated carbocycles. The summed E-state index contributed by atoms with van der Waals surface area (Å²) in [4.78, 5) is 0. The van der Waals surface area contributed by atoms with Gasteiger partial charge < -0.3 is 20.4 Å². The van der Waals surface area contributed by atoms with E-state index in [4.69, 9.17) is 0 Å². The molecule has 4 N–H and O–H groups in total. The van der Waals surface area contributed by atoms with Crippen LogP contribution in [0.5, 0.6) is 0 Å². The molecule has 0 saturated heterocycles. The first-order chi connectivity index (χ1) is 34.5. The Morgan fingerprint density at radius 3 is 0.857 bits per heavy atom. The molecule has 4 heteroatoms. The van der Waals surface area contributed by atoms with Crippen LogP contribution in [0.2, 0.25) is 0 Å². The second-order valence-electron chi connectivity index (χ2n) is 20.0. The highest BCUT2D eigenvalue weighted by molar-refractivity contribution is 6.20. The molecule has 4 aliphatic carbocycles. The number of fused-ring (bicyclic) bond motifs is 12. The summed E-state index contributed by atoms with van der Waals surface area (Å²) in [6, 6.07) is 66.8. The van der Waals surface area contributed by atoms with Crippen LogP contribution in [0.1, 0.15) is 47.9 Å². The van der Waals surface area contributed by atoms with Gasteiger partial charge >= 0.3 is 0 Å². The standard InChI is InChI=1S/C66H50O4/c67-31-27-65(28-32-68)59-35-39(15-19-49(59)51-21-17-41(37-61(51)65)43-23-25-57-47-9-3-1-7-45(47)55-13-5-11-53(43)63(55)57)40-16-20-50-52-22-18-42(38-62(52)66(29-33-69,30-34-70)60(50)36-40)44-24-26-58-48-10-4-2-8-46(48)56-14-6-12-54(44)64(56)58/h1-26,35-38,67-70H,27-34H2. The Morgan fingerprint density at radius 1 is 0.243 bits per heavy atom. The van der Waals surface area contributed by atoms with Gasteiger partial charge in [0, 0.05) is 37.3 Å². The quantitative estimate of drug-likeness (QED) is 0.104. The minimum absolute atomic E-state index is 0.0226. The minimum atomic E-state index is -0.613. The van der Waals surface area contributed by atoms with Crippen LogP contribution in [-0.2, 0) is 10.8 Å². The first kappa shape index (κ1) is 41.5. The van der Waals surface area contributed by atoms with Gasteiger partial charge in [0.25, 0.3) is 0 Å². The molecule has 0 radical (unpaired) electrons. The SMILES string of the molecule is OCCC1(CCO)c2cc(-c3ccc4c(c3)C(CCO)(CCO)c3cc(-c5ccc6c7c(cccc57)-c5ccccc5-6)ccc3-4)ccc2-c2ccc(-c3ccc4c5c(cccc35)-c3ccccc3-4)cc21. The van der Waals surface area contributed by atoms with Gasteiger partial charge in [-0.05, 0) is 194 Å². The summed E-state index contributed by atoms with van der Waals surface area (Å²) in [6.07, 6.45) is 1.90. The van der Waals surface area contributed by atoms with Crippen LogP contribution >= 0.6 is 0 Å². The smallest absolute Gasteiger partial charge is 0.0442 e. The first-order valence-electron chi connectivity index (χ1n) is 24.8. The van der Waals surface area contributed by atoms with Crippen molar-refractivity contribution in [2.45, 2.75) is 36.5 Å². The van der Waals surface area contributed by atoms with Gasteiger partial charge in [-0.15, -0.1) is 0 Å². The van der Waals surface area contributed by atoms with E-state index in [2.05, 4.69) is 182 Å². The predicted octanol–water partition coefficient (Wildman–Crippen LogP) is 14.4. The molecule has 338 valence electrons. The monoisotopic (exact) mass is 906 g/mol. The molecule has 0 fully saturated rings. The average molecular weight is 907 g/mol. The highest BCUT2D eigenvalue weighted by Crippen LogP contribution is 2.58. The van der Waals surface area contributed by atoms with Crippen molar-refractivity contribution in [3.63, 3.8) is 0 Å². The van der Waals surface area contributed by atoms with Crippen LogP contribution in [-0.4, -0.2) is 46.9 Å². The van der Waals surface area contributed by atoms with E-state index in [1.807, 2.05) is 0 Å². The summed E-state index contributed by atoms with van der Waals surface area (Å²) in [7, 11) is 0. The average Bonchev–Trinajstić information content (AvgIpc) is 4.08. The van der Waals surface area contributed by atoms with Gasteiger partial charge in [-0.1, -0.05) is 158 Å². The number of hydrogen-bond acceptors (Lipinski definition) is 4. The van der Waals surface area contributed by atoms with Crippen LogP contribution in [0.15, 0.2) is 182 Å². The lowest BCUT2D eigenvalue weighted by molar-refractivity contribution is 0.212. The second kappa shape index (κ2) is 15.5. The van der Waals surface area contributed by atoms with E-state index in [0.717, 1.165) is 66.8 Å². The van der Waals surface area contributed by atoms with Crippen molar-refractivity contribution >= 4 is 21.5 Å². The van der Waals surface area contributed by atoms with E-state index in [1.54, 1.807) is 0 Å². The molecule has 10 aromatic rings. The summed E-state index contributed by atoms with van der Waals surface area (Å²) < 4.78 is 0. The fourth-order valence-electron chi connectivity index (χ4n) is 13.9. The van der Waals surface area contributed by atoms with Gasteiger partial charge in [-0.3, -0.25) is 0 Å². The molecule has 4 nitrogen and oxygen atoms in total. The van der Waals surface area contributed by atoms with Gasteiger partial charge in [0.2, 0.25) is 0 Å². The lowest BCUT2D eigenvalue weighted by Crippen LogP contribution is -2.28. The van der Waals surface area contributed by atoms with E-state index >= 15 is 0 Å². The Kier molecular flexibility index (Phi) is 9.21. The zero-order valence-electron chi connectivity index (χ0n) is 38.8. The maximum atomic E-state index is 10.9. The van der Waals surface area contributed by atoms with Crippen molar-refractivity contribution in [2.24, 2.45) is 0 Å². The lowest BCUT2D eigenvalue weighted by atomic mass is 9.71. The zero-order chi connectivity index (χ0) is 46.9. The molecule has 0 aliphatic heterocycles. The Morgan fingerprint density at radius 2 is 0.514 bits per heavy atom. The summed E-state index contributed by atoms with van der Waals surface area (Å²) in [5.41, 5.74) is 24.7. The van der Waals surface area contributed by atoms with Crippen molar-refractivity contribution in [1.29, 1.82) is 0 Å². The fourth-order valence-corrected chi connectivity index (χ4v) is 13.9. The van der Waals surface area contributed by atoms with Gasteiger partial charge in [0.15, 0.2) is 0 Å². The van der Waals surface area contributed by atoms with Gasteiger partial charge in [-0.2, -0.15) is 0 Å². The van der Waals surface area contributed by atoms with Gasteiger partial charge in [0.1, 0.15) is 0 Å². The highest BCUT2D eigenvalue weighted by atomic mass is 16.3. The fraction of sp³-hybridized carbons (Fsp3) is 0.152. The van der Waals surface area contributed by atoms with E-state index in [-0.39, 0.29) is 26.4 Å². The van der Waals surface area contributed by atoms with E-state index in [9.17, 15) is 20.4 Å². The van der Waals surface area contributed by atoms with Crippen LogP contribution < -0.4 is 0 Å². The molecule has 0 aromatic heterocycles. The van der Waals surface area contributed by atoms with Crippen molar-refractivity contribution in [3.8, 4) is 100 Å². The summed E-state index contributed by atoms with van der Waals surface area (Å²) in [5, 5.41) is 48.5. The molecule has 0 amide bonds. The Balaban J connectivity index is 0.871. The van der Waals surface area contributed by atoms with Crippen molar-refractivity contribution in [3.05, 3.63) is 204 Å². The molecule has 70 heavy (non-hydrogen) atoms. The van der Waals surface area contributed by atoms with Crippen molar-refractivity contribution in [2.75, 3.05) is 26.4 Å². The van der Waals surface area contributed by atoms with Gasteiger partial charge in [0.05, 0.1) is 0 Å². The van der Waals surface area contributed by atoms with Crippen LogP contribution in [0, 0.1) is 0 Å². The molecule has 0 atom stereocenters. The van der Waals surface area contributed by atoms with E-state index < -0.39 is 10.8 Å². The molecule has 10 aromatic carbocycles. The van der Waals surface area contributed by atoms with Crippen LogP contribution in [0.25, 0.3) is 122 Å². The first-order valence-corrected chi connectivity index (χ1v) is 24.8. The Hall–Kier alpha value is -7.44. The van der Waals surface area contributed by atoms with E-state index in [0.29, 0.717) is 25.7 Å². The van der Waals surface area contributed by atoms with Crippen molar-refractivity contribution in [1.82, 2.24) is 0 Å². The summed E-state index contributed by atoms with van der Waals surface area (Å²) in [6.45, 7) is -0.0902. The number of hydrogen-bond donors (Lipinski definition) is 4. The number of rotatable bonds is 11. The van der Waals surface area contributed by atoms with Crippen LogP contribution in [0.3, 0.4) is 0 Å². The summed E-state index contributed by atoms with van der Waals surface area (Å²) >= 11 is 0. The zero-order valence-corrected chi connectivity index (χ0v) is 38.8. The highest BCUT2D eigenvalue weighted by Gasteiger charge is 2.45. The largest absolute Gasteiger partial charge is 0.396 e. The normalized spacial score (nSPS) is 14.4. The Labute approximate surface area is 407 Å². The van der Waals surface area contributed by atoms with Gasteiger partial charge in [-0.25, -0.2) is 0 Å².